The van der Waals surface area contributed by atoms with E-state index in [4.69, 9.17) is 4.74 Å². The molecule has 2 aromatic carbocycles. The van der Waals surface area contributed by atoms with Crippen LogP contribution in [0, 0.1) is 13.8 Å². The number of carbonyl (C=O) groups is 2. The summed E-state index contributed by atoms with van der Waals surface area (Å²) in [6.07, 6.45) is 0.919. The van der Waals surface area contributed by atoms with E-state index >= 15 is 0 Å². The average Bonchev–Trinajstić information content (AvgIpc) is 3.09. The summed E-state index contributed by atoms with van der Waals surface area (Å²) in [7, 11) is 0. The van der Waals surface area contributed by atoms with Gasteiger partial charge in [0.1, 0.15) is 11.8 Å². The van der Waals surface area contributed by atoms with Crippen LogP contribution in [0.15, 0.2) is 46.9 Å². The quantitative estimate of drug-likeness (QED) is 0.790. The summed E-state index contributed by atoms with van der Waals surface area (Å²) < 4.78 is 6.36. The first-order valence-corrected chi connectivity index (χ1v) is 9.36. The van der Waals surface area contributed by atoms with Gasteiger partial charge in [0.05, 0.1) is 0 Å². The second kappa shape index (κ2) is 7.91. The molecule has 1 heterocycles. The molecule has 5 nitrogen and oxygen atoms in total. The molecular formula is C20H21BrN2O3. The van der Waals surface area contributed by atoms with E-state index in [9.17, 15) is 9.59 Å². The number of nitrogens with zero attached hydrogens (tertiary/aromatic N) is 1. The second-order valence-corrected chi connectivity index (χ2v) is 7.35. The van der Waals surface area contributed by atoms with Gasteiger partial charge in [0.2, 0.25) is 5.91 Å². The number of nitrogens with one attached hydrogen (secondary N) is 1. The summed E-state index contributed by atoms with van der Waals surface area (Å²) in [5.41, 5.74) is 2.74. The third-order valence-electron chi connectivity index (χ3n) is 4.48. The Balaban J connectivity index is 1.71. The number of anilines is 1. The van der Waals surface area contributed by atoms with E-state index < -0.39 is 12.1 Å². The molecule has 0 bridgehead atoms. The number of hydrogen-bond acceptors (Lipinski definition) is 3. The standard InChI is InChI=1S/C20H21BrN2O3/c1-13-11-15(21)12-14(2)18(13)22-19(24)17-9-6-10-23(17)20(25)26-16-7-4-3-5-8-16/h3-5,7-8,11-12,17H,6,9-10H2,1-2H3,(H,22,24)/t17-/m0/s1. The summed E-state index contributed by atoms with van der Waals surface area (Å²) in [4.78, 5) is 26.8. The smallest absolute Gasteiger partial charge is 0.410 e. The highest BCUT2D eigenvalue weighted by molar-refractivity contribution is 9.10. The molecule has 0 aliphatic carbocycles. The van der Waals surface area contributed by atoms with Crippen molar-refractivity contribution in [1.29, 1.82) is 0 Å². The molecule has 1 saturated heterocycles. The summed E-state index contributed by atoms with van der Waals surface area (Å²) in [6, 6.07) is 12.3. The molecular weight excluding hydrogens is 396 g/mol. The maximum Gasteiger partial charge on any atom is 0.415 e. The molecule has 1 fully saturated rings. The number of aryl methyl sites for hydroxylation is 2. The summed E-state index contributed by atoms with van der Waals surface area (Å²) >= 11 is 3.46. The van der Waals surface area contributed by atoms with Crippen LogP contribution in [0.25, 0.3) is 0 Å². The first kappa shape index (κ1) is 18.5. The first-order chi connectivity index (χ1) is 12.5. The zero-order valence-electron chi connectivity index (χ0n) is 14.8. The SMILES string of the molecule is Cc1cc(Br)cc(C)c1NC(=O)[C@@H]1CCCN1C(=O)Oc1ccccc1. The molecule has 2 aromatic rings. The predicted octanol–water partition coefficient (Wildman–Crippen LogP) is 4.67. The number of likely N-dealkylation sites (tertiary alicyclic amines) is 1. The molecule has 0 spiro atoms. The molecule has 0 unspecified atom stereocenters. The number of ether oxygens (including phenoxy) is 1. The largest absolute Gasteiger partial charge is 0.415 e. The van der Waals surface area contributed by atoms with Crippen LogP contribution in [0.2, 0.25) is 0 Å². The van der Waals surface area contributed by atoms with Crippen LogP contribution in [0.5, 0.6) is 5.75 Å². The van der Waals surface area contributed by atoms with Gasteiger partial charge in [0.15, 0.2) is 0 Å². The minimum Gasteiger partial charge on any atom is -0.410 e. The van der Waals surface area contributed by atoms with Gasteiger partial charge in [0, 0.05) is 16.7 Å². The van der Waals surface area contributed by atoms with Gasteiger partial charge in [-0.15, -0.1) is 0 Å². The third-order valence-corrected chi connectivity index (χ3v) is 4.94. The van der Waals surface area contributed by atoms with Crippen molar-refractivity contribution in [1.82, 2.24) is 4.90 Å². The second-order valence-electron chi connectivity index (χ2n) is 6.44. The molecule has 3 rings (SSSR count). The van der Waals surface area contributed by atoms with Crippen molar-refractivity contribution in [3.05, 3.63) is 58.1 Å². The van der Waals surface area contributed by atoms with Crippen molar-refractivity contribution in [3.63, 3.8) is 0 Å². The lowest BCUT2D eigenvalue weighted by Crippen LogP contribution is -2.44. The van der Waals surface area contributed by atoms with Crippen LogP contribution in [0.1, 0.15) is 24.0 Å². The highest BCUT2D eigenvalue weighted by Gasteiger charge is 2.35. The van der Waals surface area contributed by atoms with Gasteiger partial charge >= 0.3 is 6.09 Å². The Hall–Kier alpha value is -2.34. The Morgan fingerprint density at radius 2 is 1.81 bits per heavy atom. The van der Waals surface area contributed by atoms with E-state index in [2.05, 4.69) is 21.2 Å². The number of benzene rings is 2. The van der Waals surface area contributed by atoms with E-state index in [0.717, 1.165) is 27.7 Å². The lowest BCUT2D eigenvalue weighted by Gasteiger charge is -2.24. The number of amides is 2. The van der Waals surface area contributed by atoms with Gasteiger partial charge in [-0.1, -0.05) is 34.1 Å². The fourth-order valence-electron chi connectivity index (χ4n) is 3.22. The van der Waals surface area contributed by atoms with Crippen molar-refractivity contribution < 1.29 is 14.3 Å². The van der Waals surface area contributed by atoms with Crippen molar-refractivity contribution >= 4 is 33.6 Å². The van der Waals surface area contributed by atoms with E-state index in [1.807, 2.05) is 32.0 Å². The molecule has 1 atom stereocenters. The minimum atomic E-state index is -0.520. The Kier molecular flexibility index (Phi) is 5.61. The third kappa shape index (κ3) is 4.07. The van der Waals surface area contributed by atoms with Crippen molar-refractivity contribution in [2.45, 2.75) is 32.7 Å². The van der Waals surface area contributed by atoms with E-state index in [1.54, 1.807) is 24.3 Å². The Labute approximate surface area is 161 Å². The first-order valence-electron chi connectivity index (χ1n) is 8.57. The lowest BCUT2D eigenvalue weighted by atomic mass is 10.1. The zero-order chi connectivity index (χ0) is 18.7. The molecule has 2 amide bonds. The Bertz CT molecular complexity index is 800. The number of rotatable bonds is 3. The van der Waals surface area contributed by atoms with Crippen LogP contribution in [-0.4, -0.2) is 29.5 Å². The average molecular weight is 417 g/mol. The lowest BCUT2D eigenvalue weighted by molar-refractivity contribution is -0.119. The molecule has 136 valence electrons. The topological polar surface area (TPSA) is 58.6 Å². The van der Waals surface area contributed by atoms with E-state index in [1.165, 1.54) is 4.90 Å². The van der Waals surface area contributed by atoms with Crippen LogP contribution in [0.3, 0.4) is 0 Å². The molecule has 0 aromatic heterocycles. The molecule has 1 aliphatic rings. The van der Waals surface area contributed by atoms with Gasteiger partial charge < -0.3 is 10.1 Å². The molecule has 26 heavy (non-hydrogen) atoms. The molecule has 0 saturated carbocycles. The van der Waals surface area contributed by atoms with E-state index in [0.29, 0.717) is 18.7 Å². The fourth-order valence-corrected chi connectivity index (χ4v) is 3.91. The van der Waals surface area contributed by atoms with Gasteiger partial charge in [-0.05, 0) is 62.1 Å². The van der Waals surface area contributed by atoms with Gasteiger partial charge in [-0.25, -0.2) is 4.79 Å². The number of carbonyl (C=O) groups excluding carboxylic acids is 2. The summed E-state index contributed by atoms with van der Waals surface area (Å²) in [5, 5.41) is 2.99. The van der Waals surface area contributed by atoms with Crippen LogP contribution in [-0.2, 0) is 4.79 Å². The van der Waals surface area contributed by atoms with Gasteiger partial charge in [-0.2, -0.15) is 0 Å². The number of hydrogen-bond donors (Lipinski definition) is 1. The molecule has 0 radical (unpaired) electrons. The minimum absolute atomic E-state index is 0.180. The Morgan fingerprint density at radius 3 is 2.46 bits per heavy atom. The molecule has 1 aliphatic heterocycles. The predicted molar refractivity (Wildman–Crippen MR) is 104 cm³/mol. The van der Waals surface area contributed by atoms with Crippen molar-refractivity contribution in [2.75, 3.05) is 11.9 Å². The van der Waals surface area contributed by atoms with Gasteiger partial charge in [0.25, 0.3) is 0 Å². The maximum absolute atomic E-state index is 12.8. The van der Waals surface area contributed by atoms with Crippen LogP contribution < -0.4 is 10.1 Å². The van der Waals surface area contributed by atoms with Crippen LogP contribution >= 0.6 is 15.9 Å². The molecule has 1 N–H and O–H groups in total. The molecule has 6 heteroatoms. The maximum atomic E-state index is 12.8. The number of para-hydroxylation sites is 1. The van der Waals surface area contributed by atoms with Crippen LogP contribution in [0.4, 0.5) is 10.5 Å². The normalized spacial score (nSPS) is 16.4. The highest BCUT2D eigenvalue weighted by atomic mass is 79.9. The fraction of sp³-hybridized carbons (Fsp3) is 0.300. The Morgan fingerprint density at radius 1 is 1.15 bits per heavy atom. The monoisotopic (exact) mass is 416 g/mol. The van der Waals surface area contributed by atoms with Crippen molar-refractivity contribution in [2.24, 2.45) is 0 Å². The summed E-state index contributed by atoms with van der Waals surface area (Å²) in [6.45, 7) is 4.41. The highest BCUT2D eigenvalue weighted by Crippen LogP contribution is 2.27. The van der Waals surface area contributed by atoms with Gasteiger partial charge in [-0.3, -0.25) is 9.69 Å². The summed E-state index contributed by atoms with van der Waals surface area (Å²) in [5.74, 6) is 0.296. The van der Waals surface area contributed by atoms with Crippen molar-refractivity contribution in [3.8, 4) is 5.75 Å². The number of halogens is 1. The zero-order valence-corrected chi connectivity index (χ0v) is 16.4. The van der Waals surface area contributed by atoms with E-state index in [-0.39, 0.29) is 5.91 Å².